The Morgan fingerprint density at radius 3 is 2.71 bits per heavy atom. The van der Waals surface area contributed by atoms with E-state index in [2.05, 4.69) is 15.5 Å². The minimum Gasteiger partial charge on any atom is -0.496 e. The quantitative estimate of drug-likeness (QED) is 0.638. The topological polar surface area (TPSA) is 87.5 Å². The average Bonchev–Trinajstić information content (AvgIpc) is 3.36. The lowest BCUT2D eigenvalue weighted by atomic mass is 10.1. The Kier molecular flexibility index (Phi) is 7.16. The molecule has 8 nitrogen and oxygen atoms in total. The molecule has 1 aromatic carbocycles. The molecule has 1 aliphatic heterocycles. The maximum atomic E-state index is 12.6. The van der Waals surface area contributed by atoms with Crippen LogP contribution in [0.25, 0.3) is 0 Å². The number of hydrogen-bond acceptors (Lipinski definition) is 7. The zero-order chi connectivity index (χ0) is 19.9. The molecule has 0 aliphatic carbocycles. The van der Waals surface area contributed by atoms with Crippen molar-refractivity contribution >= 4 is 17.7 Å². The van der Waals surface area contributed by atoms with E-state index in [0.29, 0.717) is 36.1 Å². The normalized spacial score (nSPS) is 16.2. The molecule has 1 saturated heterocycles. The van der Waals surface area contributed by atoms with Crippen molar-refractivity contribution in [3.63, 3.8) is 0 Å². The molecule has 1 aliphatic rings. The number of rotatable bonds is 9. The number of ether oxygens (including phenoxy) is 3. The lowest BCUT2D eigenvalue weighted by Gasteiger charge is -2.13. The molecule has 2 heterocycles. The molecule has 0 saturated carbocycles. The first kappa shape index (κ1) is 20.5. The van der Waals surface area contributed by atoms with E-state index in [0.717, 1.165) is 36.2 Å². The third kappa shape index (κ3) is 4.77. The van der Waals surface area contributed by atoms with Crippen molar-refractivity contribution < 1.29 is 19.0 Å². The average molecular weight is 407 g/mol. The number of amides is 1. The van der Waals surface area contributed by atoms with Crippen LogP contribution in [0.1, 0.15) is 29.0 Å². The Morgan fingerprint density at radius 2 is 2.07 bits per heavy atom. The van der Waals surface area contributed by atoms with Crippen LogP contribution < -0.4 is 14.8 Å². The minimum atomic E-state index is -0.246. The second-order valence-corrected chi connectivity index (χ2v) is 7.43. The first-order valence-corrected chi connectivity index (χ1v) is 10.2. The van der Waals surface area contributed by atoms with Gasteiger partial charge in [-0.25, -0.2) is 0 Å². The summed E-state index contributed by atoms with van der Waals surface area (Å²) in [6, 6.07) is 5.25. The van der Waals surface area contributed by atoms with Gasteiger partial charge in [0, 0.05) is 32.4 Å². The maximum absolute atomic E-state index is 12.6. The van der Waals surface area contributed by atoms with Gasteiger partial charge < -0.3 is 24.1 Å². The van der Waals surface area contributed by atoms with E-state index in [1.807, 2.05) is 11.6 Å². The highest BCUT2D eigenvalue weighted by Crippen LogP contribution is 2.28. The number of nitrogens with zero attached hydrogens (tertiary/aromatic N) is 3. The van der Waals surface area contributed by atoms with Crippen molar-refractivity contribution in [3.05, 3.63) is 29.6 Å². The van der Waals surface area contributed by atoms with Gasteiger partial charge >= 0.3 is 0 Å². The van der Waals surface area contributed by atoms with Crippen LogP contribution in [0.5, 0.6) is 11.5 Å². The van der Waals surface area contributed by atoms with Gasteiger partial charge in [-0.05, 0) is 25.0 Å². The first-order chi connectivity index (χ1) is 13.6. The van der Waals surface area contributed by atoms with Crippen molar-refractivity contribution in [2.24, 2.45) is 7.05 Å². The number of carbonyl (C=O) groups excluding carboxylic acids is 1. The Balaban J connectivity index is 1.54. The second kappa shape index (κ2) is 9.79. The van der Waals surface area contributed by atoms with Gasteiger partial charge in [0.2, 0.25) is 0 Å². The van der Waals surface area contributed by atoms with Crippen LogP contribution in [0, 0.1) is 0 Å². The van der Waals surface area contributed by atoms with Crippen LogP contribution in [0.2, 0.25) is 0 Å². The summed E-state index contributed by atoms with van der Waals surface area (Å²) in [5, 5.41) is 12.3. The van der Waals surface area contributed by atoms with Gasteiger partial charge in [-0.2, -0.15) is 0 Å². The number of thioether (sulfide) groups is 1. The molecule has 1 fully saturated rings. The molecule has 1 aromatic heterocycles. The maximum Gasteiger partial charge on any atom is 0.258 e. The van der Waals surface area contributed by atoms with E-state index < -0.39 is 0 Å². The van der Waals surface area contributed by atoms with Gasteiger partial charge in [0.05, 0.1) is 20.3 Å². The van der Waals surface area contributed by atoms with Crippen LogP contribution in [0.4, 0.5) is 0 Å². The molecule has 2 aromatic rings. The molecule has 1 N–H and O–H groups in total. The van der Waals surface area contributed by atoms with E-state index in [4.69, 9.17) is 14.2 Å². The summed E-state index contributed by atoms with van der Waals surface area (Å²) in [5.74, 6) is 2.41. The fourth-order valence-corrected chi connectivity index (χ4v) is 4.08. The summed E-state index contributed by atoms with van der Waals surface area (Å²) in [6.45, 7) is 1.29. The smallest absolute Gasteiger partial charge is 0.258 e. The molecule has 152 valence electrons. The third-order valence-electron chi connectivity index (χ3n) is 4.64. The molecule has 28 heavy (non-hydrogen) atoms. The molecular formula is C19H26N4O4S. The third-order valence-corrected chi connectivity index (χ3v) is 5.79. The molecule has 0 unspecified atom stereocenters. The van der Waals surface area contributed by atoms with E-state index in [1.165, 1.54) is 14.2 Å². The largest absolute Gasteiger partial charge is 0.496 e. The number of methoxy groups -OCH3 is 2. The Bertz CT molecular complexity index is 783. The standard InChI is InChI=1S/C19H26N4O4S/c1-23-16(21-22-19(23)28-12-13-6-5-11-27-13)9-10-20-18(24)17-14(25-2)7-4-8-15(17)26-3/h4,7-8,13H,5-6,9-12H2,1-3H3,(H,20,24)/t13-/m1/s1. The summed E-state index contributed by atoms with van der Waals surface area (Å²) < 4.78 is 18.2. The zero-order valence-corrected chi connectivity index (χ0v) is 17.3. The van der Waals surface area contributed by atoms with E-state index in [1.54, 1.807) is 30.0 Å². The number of aromatic nitrogens is 3. The van der Waals surface area contributed by atoms with Crippen molar-refractivity contribution in [1.29, 1.82) is 0 Å². The Hall–Kier alpha value is -2.26. The van der Waals surface area contributed by atoms with Crippen LogP contribution in [-0.4, -0.2) is 59.9 Å². The van der Waals surface area contributed by atoms with Crippen LogP contribution in [0.15, 0.2) is 23.4 Å². The highest BCUT2D eigenvalue weighted by atomic mass is 32.2. The fourth-order valence-electron chi connectivity index (χ4n) is 3.08. The molecular weight excluding hydrogens is 380 g/mol. The lowest BCUT2D eigenvalue weighted by molar-refractivity contribution is 0.0947. The molecule has 0 spiro atoms. The van der Waals surface area contributed by atoms with Crippen LogP contribution in [0.3, 0.4) is 0 Å². The summed E-state index contributed by atoms with van der Waals surface area (Å²) in [7, 11) is 5.00. The van der Waals surface area contributed by atoms with E-state index >= 15 is 0 Å². The van der Waals surface area contributed by atoms with Gasteiger partial charge in [-0.1, -0.05) is 17.8 Å². The summed E-state index contributed by atoms with van der Waals surface area (Å²) in [5.41, 5.74) is 0.387. The Labute approximate surface area is 168 Å². The monoisotopic (exact) mass is 406 g/mol. The highest BCUT2D eigenvalue weighted by molar-refractivity contribution is 7.99. The lowest BCUT2D eigenvalue weighted by Crippen LogP contribution is -2.27. The van der Waals surface area contributed by atoms with Gasteiger partial charge in [-0.15, -0.1) is 10.2 Å². The number of hydrogen-bond donors (Lipinski definition) is 1. The van der Waals surface area contributed by atoms with Crippen LogP contribution in [-0.2, 0) is 18.2 Å². The van der Waals surface area contributed by atoms with Gasteiger partial charge in [-0.3, -0.25) is 4.79 Å². The fraction of sp³-hybridized carbons (Fsp3) is 0.526. The van der Waals surface area contributed by atoms with Gasteiger partial charge in [0.25, 0.3) is 5.91 Å². The Morgan fingerprint density at radius 1 is 1.32 bits per heavy atom. The molecule has 3 rings (SSSR count). The van der Waals surface area contributed by atoms with Crippen LogP contribution >= 0.6 is 11.8 Å². The number of carbonyl (C=O) groups is 1. The summed E-state index contributed by atoms with van der Waals surface area (Å²) >= 11 is 1.66. The zero-order valence-electron chi connectivity index (χ0n) is 16.4. The van der Waals surface area contributed by atoms with Crippen molar-refractivity contribution in [1.82, 2.24) is 20.1 Å². The minimum absolute atomic E-state index is 0.246. The number of benzene rings is 1. The SMILES string of the molecule is COc1cccc(OC)c1C(=O)NCCc1nnc(SC[C@H]2CCCO2)n1C. The molecule has 1 amide bonds. The van der Waals surface area contributed by atoms with Crippen molar-refractivity contribution in [2.75, 3.05) is 33.1 Å². The highest BCUT2D eigenvalue weighted by Gasteiger charge is 2.19. The summed E-state index contributed by atoms with van der Waals surface area (Å²) in [6.07, 6.45) is 3.12. The molecule has 0 bridgehead atoms. The second-order valence-electron chi connectivity index (χ2n) is 6.45. The van der Waals surface area contributed by atoms with Crippen molar-refractivity contribution in [2.45, 2.75) is 30.5 Å². The molecule has 0 radical (unpaired) electrons. The summed E-state index contributed by atoms with van der Waals surface area (Å²) in [4.78, 5) is 12.6. The van der Waals surface area contributed by atoms with Crippen molar-refractivity contribution in [3.8, 4) is 11.5 Å². The number of nitrogens with one attached hydrogen (secondary N) is 1. The van der Waals surface area contributed by atoms with Gasteiger partial charge in [0.1, 0.15) is 22.9 Å². The van der Waals surface area contributed by atoms with Gasteiger partial charge in [0.15, 0.2) is 5.16 Å². The predicted octanol–water partition coefficient (Wildman–Crippen LogP) is 2.08. The molecule has 1 atom stereocenters. The van der Waals surface area contributed by atoms with E-state index in [-0.39, 0.29) is 5.91 Å². The molecule has 9 heteroatoms. The van der Waals surface area contributed by atoms with E-state index in [9.17, 15) is 4.79 Å². The first-order valence-electron chi connectivity index (χ1n) is 9.26. The predicted molar refractivity (Wildman–Crippen MR) is 106 cm³/mol.